The molecular weight excluding hydrogens is 374 g/mol. The highest BCUT2D eigenvalue weighted by Crippen LogP contribution is 2.32. The van der Waals surface area contributed by atoms with Gasteiger partial charge in [0.05, 0.1) is 0 Å². The number of rotatable bonds is 5. The van der Waals surface area contributed by atoms with Crippen LogP contribution in [0.5, 0.6) is 0 Å². The summed E-state index contributed by atoms with van der Waals surface area (Å²) in [5.41, 5.74) is 7.12. The van der Waals surface area contributed by atoms with Crippen molar-refractivity contribution in [2.75, 3.05) is 13.1 Å². The number of aryl methyl sites for hydroxylation is 1. The van der Waals surface area contributed by atoms with Crippen molar-refractivity contribution in [1.82, 2.24) is 14.2 Å². The molecular formula is C25H31N3S. The Morgan fingerprint density at radius 1 is 1.00 bits per heavy atom. The smallest absolute Gasteiger partial charge is 0.0486 e. The fourth-order valence-corrected chi connectivity index (χ4v) is 5.88. The van der Waals surface area contributed by atoms with Crippen LogP contribution in [0.2, 0.25) is 0 Å². The highest BCUT2D eigenvalue weighted by atomic mass is 32.2. The van der Waals surface area contributed by atoms with Crippen molar-refractivity contribution >= 4 is 22.9 Å². The van der Waals surface area contributed by atoms with Crippen LogP contribution in [0.25, 0.3) is 10.9 Å². The molecule has 5 rings (SSSR count). The first-order chi connectivity index (χ1) is 14.2. The lowest BCUT2D eigenvalue weighted by atomic mass is 10.0. The third-order valence-corrected chi connectivity index (χ3v) is 7.55. The van der Waals surface area contributed by atoms with E-state index in [4.69, 9.17) is 0 Å². The molecule has 0 radical (unpaired) electrons. The predicted molar refractivity (Wildman–Crippen MR) is 123 cm³/mol. The molecule has 0 saturated carbocycles. The topological polar surface area (TPSA) is 20.2 Å². The summed E-state index contributed by atoms with van der Waals surface area (Å²) in [5, 5.41) is 4.85. The summed E-state index contributed by atoms with van der Waals surface area (Å²) in [7, 11) is 0. The van der Waals surface area contributed by atoms with Crippen molar-refractivity contribution in [1.29, 1.82) is 0 Å². The van der Waals surface area contributed by atoms with E-state index in [1.54, 1.807) is 0 Å². The van der Waals surface area contributed by atoms with E-state index in [9.17, 15) is 0 Å². The Bertz CT molecular complexity index is 1020. The number of nitrogens with one attached hydrogen (secondary N) is 1. The largest absolute Gasteiger partial charge is 0.344 e. The standard InChI is InChI=1S/C25H31N3S/c1-18-17-28(19(2)12-20-6-7-21-15-26-16-22(21)13-20)25-9-8-23(14-24(18)25)29-27-10-4-3-5-11-27/h6-9,13-14,17,19,26H,3-5,10-12,15-16H2,1-2H3. The van der Waals surface area contributed by atoms with Gasteiger partial charge in [0, 0.05) is 54.2 Å². The fourth-order valence-electron chi connectivity index (χ4n) is 4.85. The summed E-state index contributed by atoms with van der Waals surface area (Å²) in [6, 6.07) is 14.5. The Balaban J connectivity index is 1.36. The number of benzene rings is 2. The Morgan fingerprint density at radius 3 is 2.69 bits per heavy atom. The molecule has 3 heterocycles. The second kappa shape index (κ2) is 8.17. The molecule has 1 atom stereocenters. The number of piperidine rings is 1. The Morgan fingerprint density at radius 2 is 1.83 bits per heavy atom. The quantitative estimate of drug-likeness (QED) is 0.538. The Kier molecular flexibility index (Phi) is 5.42. The second-order valence-electron chi connectivity index (χ2n) is 8.74. The van der Waals surface area contributed by atoms with Crippen LogP contribution in [-0.4, -0.2) is 22.0 Å². The van der Waals surface area contributed by atoms with Crippen LogP contribution in [0.3, 0.4) is 0 Å². The molecule has 4 heteroatoms. The minimum absolute atomic E-state index is 0.444. The van der Waals surface area contributed by atoms with Gasteiger partial charge in [-0.2, -0.15) is 0 Å². The average molecular weight is 406 g/mol. The average Bonchev–Trinajstić information content (AvgIpc) is 3.33. The first-order valence-electron chi connectivity index (χ1n) is 11.0. The molecule has 1 N–H and O–H groups in total. The molecule has 152 valence electrons. The lowest BCUT2D eigenvalue weighted by Gasteiger charge is -2.25. The molecule has 2 aromatic carbocycles. The first kappa shape index (κ1) is 19.2. The van der Waals surface area contributed by atoms with Crippen LogP contribution in [0.1, 0.15) is 54.5 Å². The molecule has 0 amide bonds. The van der Waals surface area contributed by atoms with Crippen LogP contribution >= 0.6 is 11.9 Å². The van der Waals surface area contributed by atoms with E-state index in [-0.39, 0.29) is 0 Å². The van der Waals surface area contributed by atoms with Gasteiger partial charge in [0.15, 0.2) is 0 Å². The predicted octanol–water partition coefficient (Wildman–Crippen LogP) is 5.85. The minimum atomic E-state index is 0.444. The molecule has 1 saturated heterocycles. The van der Waals surface area contributed by atoms with Gasteiger partial charge in [-0.25, -0.2) is 4.31 Å². The lowest BCUT2D eigenvalue weighted by molar-refractivity contribution is 0.380. The van der Waals surface area contributed by atoms with E-state index in [0.717, 1.165) is 19.5 Å². The van der Waals surface area contributed by atoms with E-state index in [0.29, 0.717) is 6.04 Å². The van der Waals surface area contributed by atoms with Crippen molar-refractivity contribution in [3.8, 4) is 0 Å². The lowest BCUT2D eigenvalue weighted by Crippen LogP contribution is -2.22. The van der Waals surface area contributed by atoms with E-state index >= 15 is 0 Å². The maximum Gasteiger partial charge on any atom is 0.0486 e. The van der Waals surface area contributed by atoms with Crippen molar-refractivity contribution in [2.24, 2.45) is 0 Å². The normalized spacial score (nSPS) is 18.3. The van der Waals surface area contributed by atoms with Gasteiger partial charge in [-0.15, -0.1) is 0 Å². The van der Waals surface area contributed by atoms with Gasteiger partial charge in [0.25, 0.3) is 0 Å². The van der Waals surface area contributed by atoms with Gasteiger partial charge in [0.2, 0.25) is 0 Å². The van der Waals surface area contributed by atoms with Gasteiger partial charge in [0.1, 0.15) is 0 Å². The zero-order valence-electron chi connectivity index (χ0n) is 17.6. The summed E-state index contributed by atoms with van der Waals surface area (Å²) in [4.78, 5) is 1.37. The molecule has 3 aromatic rings. The zero-order chi connectivity index (χ0) is 19.8. The summed E-state index contributed by atoms with van der Waals surface area (Å²) < 4.78 is 5.01. The monoisotopic (exact) mass is 405 g/mol. The number of aromatic nitrogens is 1. The second-order valence-corrected chi connectivity index (χ2v) is 9.91. The van der Waals surface area contributed by atoms with Gasteiger partial charge in [-0.3, -0.25) is 0 Å². The van der Waals surface area contributed by atoms with Crippen molar-refractivity contribution < 1.29 is 0 Å². The third-order valence-electron chi connectivity index (χ3n) is 6.46. The molecule has 1 fully saturated rings. The Labute approximate surface area is 178 Å². The molecule has 0 aliphatic carbocycles. The minimum Gasteiger partial charge on any atom is -0.344 e. The van der Waals surface area contributed by atoms with Gasteiger partial charge >= 0.3 is 0 Å². The summed E-state index contributed by atoms with van der Waals surface area (Å²) in [6.07, 6.45) is 7.47. The van der Waals surface area contributed by atoms with Crippen LogP contribution in [0.4, 0.5) is 0 Å². The number of hydrogen-bond donors (Lipinski definition) is 1. The van der Waals surface area contributed by atoms with Gasteiger partial charge in [-0.1, -0.05) is 24.6 Å². The number of nitrogens with zero attached hydrogens (tertiary/aromatic N) is 2. The molecule has 1 aromatic heterocycles. The van der Waals surface area contributed by atoms with Gasteiger partial charge < -0.3 is 9.88 Å². The SMILES string of the molecule is Cc1cn(C(C)Cc2ccc3c(c2)CNC3)c2ccc(SN3CCCCC3)cc12. The summed E-state index contributed by atoms with van der Waals surface area (Å²) in [6.45, 7) is 9.07. The molecule has 0 spiro atoms. The van der Waals surface area contributed by atoms with Crippen LogP contribution in [-0.2, 0) is 19.5 Å². The number of fused-ring (bicyclic) bond motifs is 2. The summed E-state index contributed by atoms with van der Waals surface area (Å²) in [5.74, 6) is 0. The van der Waals surface area contributed by atoms with Crippen LogP contribution < -0.4 is 5.32 Å². The molecule has 1 unspecified atom stereocenters. The number of hydrogen-bond acceptors (Lipinski definition) is 3. The molecule has 2 aliphatic rings. The van der Waals surface area contributed by atoms with E-state index < -0.39 is 0 Å². The highest BCUT2D eigenvalue weighted by Gasteiger charge is 2.16. The fraction of sp³-hybridized carbons (Fsp3) is 0.440. The highest BCUT2D eigenvalue weighted by molar-refractivity contribution is 7.97. The Hall–Kier alpha value is -1.75. The van der Waals surface area contributed by atoms with Crippen molar-refractivity contribution in [3.63, 3.8) is 0 Å². The van der Waals surface area contributed by atoms with Crippen LogP contribution in [0.15, 0.2) is 47.5 Å². The van der Waals surface area contributed by atoms with E-state index in [1.165, 1.54) is 70.4 Å². The maximum atomic E-state index is 3.45. The molecule has 2 aliphatic heterocycles. The first-order valence-corrected chi connectivity index (χ1v) is 11.8. The van der Waals surface area contributed by atoms with E-state index in [1.807, 2.05) is 11.9 Å². The van der Waals surface area contributed by atoms with E-state index in [2.05, 4.69) is 70.6 Å². The summed E-state index contributed by atoms with van der Waals surface area (Å²) >= 11 is 1.94. The van der Waals surface area contributed by atoms with Crippen molar-refractivity contribution in [2.45, 2.75) is 63.6 Å². The third kappa shape index (κ3) is 3.98. The molecule has 3 nitrogen and oxygen atoms in total. The molecule has 0 bridgehead atoms. The maximum absolute atomic E-state index is 3.45. The van der Waals surface area contributed by atoms with Crippen molar-refractivity contribution in [3.05, 3.63) is 64.8 Å². The molecule has 29 heavy (non-hydrogen) atoms. The van der Waals surface area contributed by atoms with Gasteiger partial charge in [-0.05, 0) is 85.5 Å². The van der Waals surface area contributed by atoms with Crippen LogP contribution in [0, 0.1) is 6.92 Å². The zero-order valence-corrected chi connectivity index (χ0v) is 18.4.